The van der Waals surface area contributed by atoms with Crippen LogP contribution >= 0.6 is 0 Å². The van der Waals surface area contributed by atoms with Crippen molar-refractivity contribution >= 4 is 11.7 Å². The number of halogens is 1. The van der Waals surface area contributed by atoms with E-state index >= 15 is 0 Å². The Labute approximate surface area is 129 Å². The molecule has 0 spiro atoms. The van der Waals surface area contributed by atoms with Gasteiger partial charge in [-0.2, -0.15) is 0 Å². The third-order valence-electron chi connectivity index (χ3n) is 4.39. The van der Waals surface area contributed by atoms with Gasteiger partial charge in [0.25, 0.3) is 0 Å². The number of carbonyl (C=O) groups excluding carboxylic acids is 1. The zero-order chi connectivity index (χ0) is 15.5. The van der Waals surface area contributed by atoms with E-state index in [0.717, 1.165) is 44.8 Å². The molecule has 0 saturated carbocycles. The minimum Gasteiger partial charge on any atom is -0.494 e. The van der Waals surface area contributed by atoms with Crippen molar-refractivity contribution in [3.63, 3.8) is 0 Å². The average molecular weight is 308 g/mol. The summed E-state index contributed by atoms with van der Waals surface area (Å²) in [6, 6.07) is 4.95. The third kappa shape index (κ3) is 3.16. The zero-order valence-corrected chi connectivity index (χ0v) is 12.8. The van der Waals surface area contributed by atoms with Crippen LogP contribution in [0.4, 0.5) is 10.1 Å². The molecule has 0 aliphatic carbocycles. The van der Waals surface area contributed by atoms with Gasteiger partial charge in [0.2, 0.25) is 0 Å². The van der Waals surface area contributed by atoms with Crippen molar-refractivity contribution in [1.82, 2.24) is 4.90 Å². The van der Waals surface area contributed by atoms with Crippen LogP contribution in [0.25, 0.3) is 0 Å². The van der Waals surface area contributed by atoms with Crippen molar-refractivity contribution in [2.24, 2.45) is 5.92 Å². The summed E-state index contributed by atoms with van der Waals surface area (Å²) in [7, 11) is 1.47. The standard InChI is InChI=1S/C16H21FN2O3/c1-21-15-10-13(2-3-14(15)17)19-7-5-18(6-8-19)11-12-4-9-22-16(12)20/h2-3,10,12H,4-9,11H2,1H3. The van der Waals surface area contributed by atoms with E-state index in [1.54, 1.807) is 12.1 Å². The van der Waals surface area contributed by atoms with Crippen molar-refractivity contribution in [3.05, 3.63) is 24.0 Å². The number of rotatable bonds is 4. The molecule has 5 nitrogen and oxygen atoms in total. The van der Waals surface area contributed by atoms with Crippen LogP contribution in [-0.4, -0.2) is 57.3 Å². The molecular formula is C16H21FN2O3. The lowest BCUT2D eigenvalue weighted by Gasteiger charge is -2.36. The molecule has 1 atom stereocenters. The van der Waals surface area contributed by atoms with Crippen LogP contribution in [-0.2, 0) is 9.53 Å². The van der Waals surface area contributed by atoms with Crippen molar-refractivity contribution < 1.29 is 18.7 Å². The molecule has 3 rings (SSSR count). The molecule has 22 heavy (non-hydrogen) atoms. The Morgan fingerprint density at radius 3 is 2.73 bits per heavy atom. The van der Waals surface area contributed by atoms with E-state index in [0.29, 0.717) is 6.61 Å². The van der Waals surface area contributed by atoms with Gasteiger partial charge in [-0.15, -0.1) is 0 Å². The van der Waals surface area contributed by atoms with E-state index in [-0.39, 0.29) is 23.5 Å². The minimum atomic E-state index is -0.343. The number of hydrogen-bond acceptors (Lipinski definition) is 5. The lowest BCUT2D eigenvalue weighted by Crippen LogP contribution is -2.48. The molecule has 2 aliphatic rings. The van der Waals surface area contributed by atoms with Gasteiger partial charge in [0.15, 0.2) is 11.6 Å². The molecule has 2 saturated heterocycles. The quantitative estimate of drug-likeness (QED) is 0.789. The van der Waals surface area contributed by atoms with E-state index in [2.05, 4.69) is 9.80 Å². The number of ether oxygens (including phenoxy) is 2. The first kappa shape index (κ1) is 15.1. The maximum Gasteiger partial charge on any atom is 0.310 e. The maximum absolute atomic E-state index is 13.5. The summed E-state index contributed by atoms with van der Waals surface area (Å²) in [5.41, 5.74) is 0.971. The van der Waals surface area contributed by atoms with Gasteiger partial charge in [0, 0.05) is 44.5 Å². The lowest BCUT2D eigenvalue weighted by atomic mass is 10.1. The first-order valence-electron chi connectivity index (χ1n) is 7.65. The number of piperazine rings is 1. The molecule has 2 fully saturated rings. The fourth-order valence-corrected chi connectivity index (χ4v) is 3.05. The van der Waals surface area contributed by atoms with Gasteiger partial charge < -0.3 is 14.4 Å². The lowest BCUT2D eigenvalue weighted by molar-refractivity contribution is -0.141. The number of benzene rings is 1. The van der Waals surface area contributed by atoms with Crippen LogP contribution in [0.3, 0.4) is 0 Å². The van der Waals surface area contributed by atoms with Crippen LogP contribution in [0.1, 0.15) is 6.42 Å². The van der Waals surface area contributed by atoms with E-state index in [1.807, 2.05) is 0 Å². The Bertz CT molecular complexity index is 544. The molecule has 0 amide bonds. The first-order valence-corrected chi connectivity index (χ1v) is 7.65. The van der Waals surface area contributed by atoms with Crippen LogP contribution in [0.5, 0.6) is 5.75 Å². The number of esters is 1. The Morgan fingerprint density at radius 1 is 1.32 bits per heavy atom. The Hall–Kier alpha value is -1.82. The van der Waals surface area contributed by atoms with Gasteiger partial charge in [0.05, 0.1) is 19.6 Å². The fraction of sp³-hybridized carbons (Fsp3) is 0.562. The molecule has 2 heterocycles. The predicted octanol–water partition coefficient (Wildman–Crippen LogP) is 1.52. The summed E-state index contributed by atoms with van der Waals surface area (Å²) in [4.78, 5) is 16.0. The van der Waals surface area contributed by atoms with Gasteiger partial charge >= 0.3 is 5.97 Å². The molecule has 2 aliphatic heterocycles. The molecule has 1 unspecified atom stereocenters. The summed E-state index contributed by atoms with van der Waals surface area (Å²) in [5, 5.41) is 0. The molecule has 1 aromatic carbocycles. The van der Waals surface area contributed by atoms with Crippen molar-refractivity contribution in [2.45, 2.75) is 6.42 Å². The predicted molar refractivity (Wildman–Crippen MR) is 80.7 cm³/mol. The summed E-state index contributed by atoms with van der Waals surface area (Å²) in [5.74, 6) is -0.110. The Kier molecular flexibility index (Phi) is 4.47. The normalized spacial score (nSPS) is 22.7. The van der Waals surface area contributed by atoms with Crippen molar-refractivity contribution in [1.29, 1.82) is 0 Å². The molecule has 0 aromatic heterocycles. The highest BCUT2D eigenvalue weighted by atomic mass is 19.1. The topological polar surface area (TPSA) is 42.0 Å². The molecule has 0 bridgehead atoms. The largest absolute Gasteiger partial charge is 0.494 e. The van der Waals surface area contributed by atoms with Crippen molar-refractivity contribution in [2.75, 3.05) is 51.3 Å². The highest BCUT2D eigenvalue weighted by Gasteiger charge is 2.29. The van der Waals surface area contributed by atoms with Crippen molar-refractivity contribution in [3.8, 4) is 5.75 Å². The number of anilines is 1. The van der Waals surface area contributed by atoms with Crippen LogP contribution in [0.2, 0.25) is 0 Å². The van der Waals surface area contributed by atoms with E-state index in [4.69, 9.17) is 9.47 Å². The van der Waals surface area contributed by atoms with Gasteiger partial charge in [-0.25, -0.2) is 4.39 Å². The fourth-order valence-electron chi connectivity index (χ4n) is 3.05. The second-order valence-corrected chi connectivity index (χ2v) is 5.76. The first-order chi connectivity index (χ1) is 10.7. The van der Waals surface area contributed by atoms with Gasteiger partial charge in [-0.05, 0) is 18.6 Å². The van der Waals surface area contributed by atoms with E-state index in [1.165, 1.54) is 13.2 Å². The summed E-state index contributed by atoms with van der Waals surface area (Å²) in [6.07, 6.45) is 0.828. The third-order valence-corrected chi connectivity index (χ3v) is 4.39. The molecular weight excluding hydrogens is 287 g/mol. The SMILES string of the molecule is COc1cc(N2CCN(CC3CCOC3=O)CC2)ccc1F. The smallest absolute Gasteiger partial charge is 0.310 e. The number of methoxy groups -OCH3 is 1. The minimum absolute atomic E-state index is 0.0254. The number of hydrogen-bond donors (Lipinski definition) is 0. The van der Waals surface area contributed by atoms with Gasteiger partial charge in [-0.3, -0.25) is 9.69 Å². The molecule has 120 valence electrons. The van der Waals surface area contributed by atoms with E-state index < -0.39 is 0 Å². The monoisotopic (exact) mass is 308 g/mol. The van der Waals surface area contributed by atoms with Gasteiger partial charge in [0.1, 0.15) is 0 Å². The number of carbonyl (C=O) groups is 1. The molecule has 1 aromatic rings. The highest BCUT2D eigenvalue weighted by molar-refractivity contribution is 5.74. The Morgan fingerprint density at radius 2 is 2.09 bits per heavy atom. The molecule has 6 heteroatoms. The number of cyclic esters (lactones) is 1. The van der Waals surface area contributed by atoms with E-state index in [9.17, 15) is 9.18 Å². The molecule has 0 N–H and O–H groups in total. The summed E-state index contributed by atoms with van der Waals surface area (Å²) in [6.45, 7) is 4.83. The van der Waals surface area contributed by atoms with Crippen LogP contribution in [0.15, 0.2) is 18.2 Å². The maximum atomic E-state index is 13.5. The second kappa shape index (κ2) is 6.52. The van der Waals surface area contributed by atoms with Crippen LogP contribution in [0, 0.1) is 11.7 Å². The average Bonchev–Trinajstić information content (AvgIpc) is 2.94. The summed E-state index contributed by atoms with van der Waals surface area (Å²) >= 11 is 0. The van der Waals surface area contributed by atoms with Gasteiger partial charge in [-0.1, -0.05) is 0 Å². The molecule has 0 radical (unpaired) electrons. The highest BCUT2D eigenvalue weighted by Crippen LogP contribution is 2.25. The second-order valence-electron chi connectivity index (χ2n) is 5.76. The zero-order valence-electron chi connectivity index (χ0n) is 12.8. The van der Waals surface area contributed by atoms with Crippen LogP contribution < -0.4 is 9.64 Å². The number of nitrogens with zero attached hydrogens (tertiary/aromatic N) is 2. The Balaban J connectivity index is 1.56. The summed E-state index contributed by atoms with van der Waals surface area (Å²) < 4.78 is 23.5.